The molecule has 0 saturated heterocycles. The van der Waals surface area contributed by atoms with E-state index < -0.39 is 53.4 Å². The number of alkyl halides is 3. The van der Waals surface area contributed by atoms with Gasteiger partial charge in [0.05, 0.1) is 34.3 Å². The molecule has 12 heteroatoms. The molecule has 0 fully saturated rings. The molecule has 0 aliphatic heterocycles. The van der Waals surface area contributed by atoms with Crippen LogP contribution in [0.15, 0.2) is 36.4 Å². The van der Waals surface area contributed by atoms with E-state index in [4.69, 9.17) is 16.3 Å². The van der Waals surface area contributed by atoms with Crippen molar-refractivity contribution in [2.75, 3.05) is 5.32 Å². The molecule has 176 valence electrons. The largest absolute Gasteiger partial charge is 0.480 e. The second-order valence-corrected chi connectivity index (χ2v) is 7.39. The number of aryl methyl sites for hydroxylation is 1. The first-order valence-corrected chi connectivity index (χ1v) is 9.76. The van der Waals surface area contributed by atoms with Gasteiger partial charge < -0.3 is 15.2 Å². The number of nitrogens with zero attached hydrogens (tertiary/aromatic N) is 2. The number of rotatable bonds is 6. The fourth-order valence-electron chi connectivity index (χ4n) is 2.87. The zero-order chi connectivity index (χ0) is 24.5. The second kappa shape index (κ2) is 9.36. The van der Waals surface area contributed by atoms with Crippen LogP contribution in [0, 0.1) is 11.6 Å². The van der Waals surface area contributed by atoms with E-state index >= 15 is 0 Å². The molecular weight excluding hydrogens is 473 g/mol. The third-order valence-corrected chi connectivity index (χ3v) is 5.01. The van der Waals surface area contributed by atoms with E-state index in [1.807, 2.05) is 0 Å². The summed E-state index contributed by atoms with van der Waals surface area (Å²) in [5, 5.41) is 15.3. The molecule has 2 aromatic carbocycles. The van der Waals surface area contributed by atoms with Crippen LogP contribution in [0.25, 0.3) is 11.3 Å². The van der Waals surface area contributed by atoms with Crippen LogP contribution in [0.4, 0.5) is 27.6 Å². The minimum absolute atomic E-state index is 0.00679. The lowest BCUT2D eigenvalue weighted by Crippen LogP contribution is -2.32. The van der Waals surface area contributed by atoms with Crippen LogP contribution in [-0.2, 0) is 13.7 Å². The molecule has 2 N–H and O–H groups in total. The Bertz CT molecular complexity index is 1180. The molecule has 1 atom stereocenters. The number of hydrogen-bond acceptors (Lipinski definition) is 4. The molecule has 1 amide bonds. The van der Waals surface area contributed by atoms with E-state index in [0.717, 1.165) is 12.1 Å². The van der Waals surface area contributed by atoms with Crippen LogP contribution in [0.3, 0.4) is 0 Å². The number of ether oxygens (including phenoxy) is 1. The molecular formula is C21H17ClF5N3O3. The molecule has 1 aromatic heterocycles. The molecule has 0 aliphatic carbocycles. The first-order chi connectivity index (χ1) is 15.4. The zero-order valence-electron chi connectivity index (χ0n) is 17.2. The standard InChI is InChI=1S/C21H17ClF5N3O3/c1-10(21(25,26)27)33-18-8-12(17-6-11(9-31)30(2)29-17)16(24)7-13(18)20(32)28-19-14(22)4-3-5-15(19)23/h3-8,10,31H,9H2,1-2H3,(H,28,32). The van der Waals surface area contributed by atoms with Gasteiger partial charge in [-0.15, -0.1) is 0 Å². The van der Waals surface area contributed by atoms with Crippen molar-refractivity contribution in [1.29, 1.82) is 0 Å². The van der Waals surface area contributed by atoms with Crippen molar-refractivity contribution < 1.29 is 36.6 Å². The number of halogens is 6. The molecule has 0 spiro atoms. The summed E-state index contributed by atoms with van der Waals surface area (Å²) in [5.74, 6) is -3.66. The van der Waals surface area contributed by atoms with Gasteiger partial charge in [0.25, 0.3) is 5.91 Å². The van der Waals surface area contributed by atoms with Gasteiger partial charge in [-0.25, -0.2) is 8.78 Å². The first-order valence-electron chi connectivity index (χ1n) is 9.38. The number of aliphatic hydroxyl groups excluding tert-OH is 1. The summed E-state index contributed by atoms with van der Waals surface area (Å²) >= 11 is 5.87. The number of anilines is 1. The molecule has 0 aliphatic rings. The Balaban J connectivity index is 2.09. The summed E-state index contributed by atoms with van der Waals surface area (Å²) in [5.41, 5.74) is -1.01. The maximum Gasteiger partial charge on any atom is 0.425 e. The molecule has 1 heterocycles. The van der Waals surface area contributed by atoms with E-state index in [1.165, 1.54) is 29.9 Å². The topological polar surface area (TPSA) is 76.4 Å². The zero-order valence-corrected chi connectivity index (χ0v) is 17.9. The SMILES string of the molecule is CC(Oc1cc(-c2cc(CO)n(C)n2)c(F)cc1C(=O)Nc1c(F)cccc1Cl)C(F)(F)F. The average Bonchev–Trinajstić information content (AvgIpc) is 3.11. The summed E-state index contributed by atoms with van der Waals surface area (Å²) in [7, 11) is 1.48. The van der Waals surface area contributed by atoms with Crippen molar-refractivity contribution >= 4 is 23.2 Å². The molecule has 33 heavy (non-hydrogen) atoms. The van der Waals surface area contributed by atoms with E-state index in [2.05, 4.69) is 10.4 Å². The Morgan fingerprint density at radius 1 is 1.24 bits per heavy atom. The third kappa shape index (κ3) is 5.25. The van der Waals surface area contributed by atoms with Crippen molar-refractivity contribution in [2.24, 2.45) is 7.05 Å². The summed E-state index contributed by atoms with van der Waals surface area (Å²) < 4.78 is 74.5. The van der Waals surface area contributed by atoms with Crippen molar-refractivity contribution in [3.63, 3.8) is 0 Å². The summed E-state index contributed by atoms with van der Waals surface area (Å²) in [4.78, 5) is 12.8. The van der Waals surface area contributed by atoms with Crippen LogP contribution < -0.4 is 10.1 Å². The minimum Gasteiger partial charge on any atom is -0.480 e. The Morgan fingerprint density at radius 2 is 1.94 bits per heavy atom. The lowest BCUT2D eigenvalue weighted by Gasteiger charge is -2.20. The Labute approximate surface area is 189 Å². The van der Waals surface area contributed by atoms with Crippen LogP contribution in [0.2, 0.25) is 5.02 Å². The Morgan fingerprint density at radius 3 is 2.52 bits per heavy atom. The van der Waals surface area contributed by atoms with Gasteiger partial charge in [0, 0.05) is 12.6 Å². The fraction of sp³-hybridized carbons (Fsp3) is 0.238. The van der Waals surface area contributed by atoms with Gasteiger partial charge in [-0.3, -0.25) is 9.48 Å². The summed E-state index contributed by atoms with van der Waals surface area (Å²) in [6.45, 7) is 0.298. The molecule has 0 saturated carbocycles. The minimum atomic E-state index is -4.79. The molecule has 0 radical (unpaired) electrons. The van der Waals surface area contributed by atoms with E-state index in [0.29, 0.717) is 18.7 Å². The maximum atomic E-state index is 14.9. The van der Waals surface area contributed by atoms with Gasteiger partial charge in [-0.05, 0) is 37.3 Å². The predicted octanol–water partition coefficient (Wildman–Crippen LogP) is 5.09. The first kappa shape index (κ1) is 24.5. The smallest absolute Gasteiger partial charge is 0.425 e. The molecule has 1 unspecified atom stereocenters. The van der Waals surface area contributed by atoms with E-state index in [9.17, 15) is 31.9 Å². The number of carbonyl (C=O) groups excluding carboxylic acids is 1. The lowest BCUT2D eigenvalue weighted by atomic mass is 10.1. The van der Waals surface area contributed by atoms with Crippen molar-refractivity contribution in [3.05, 3.63) is 64.3 Å². The molecule has 6 nitrogen and oxygen atoms in total. The number of aliphatic hydroxyl groups is 1. The van der Waals surface area contributed by atoms with Crippen molar-refractivity contribution in [2.45, 2.75) is 25.8 Å². The fourth-order valence-corrected chi connectivity index (χ4v) is 3.08. The number of hydrogen-bond donors (Lipinski definition) is 2. The van der Waals surface area contributed by atoms with Crippen LogP contribution in [0.5, 0.6) is 5.75 Å². The van der Waals surface area contributed by atoms with E-state index in [1.54, 1.807) is 0 Å². The molecule has 0 bridgehead atoms. The lowest BCUT2D eigenvalue weighted by molar-refractivity contribution is -0.189. The highest BCUT2D eigenvalue weighted by atomic mass is 35.5. The number of benzene rings is 2. The average molecular weight is 490 g/mol. The van der Waals surface area contributed by atoms with E-state index in [-0.39, 0.29) is 16.3 Å². The summed E-state index contributed by atoms with van der Waals surface area (Å²) in [6, 6.07) is 6.45. The number of carbonyl (C=O) groups is 1. The van der Waals surface area contributed by atoms with Gasteiger partial charge in [0.2, 0.25) is 0 Å². The normalized spacial score (nSPS) is 12.5. The molecule has 3 rings (SSSR count). The Hall–Kier alpha value is -3.18. The van der Waals surface area contributed by atoms with Gasteiger partial charge in [-0.2, -0.15) is 18.3 Å². The van der Waals surface area contributed by atoms with Gasteiger partial charge >= 0.3 is 6.18 Å². The van der Waals surface area contributed by atoms with Crippen LogP contribution in [0.1, 0.15) is 23.0 Å². The quantitative estimate of drug-likeness (QED) is 0.473. The van der Waals surface area contributed by atoms with Crippen molar-refractivity contribution in [3.8, 4) is 17.0 Å². The second-order valence-electron chi connectivity index (χ2n) is 6.98. The number of nitrogens with one attached hydrogen (secondary N) is 1. The third-order valence-electron chi connectivity index (χ3n) is 4.69. The Kier molecular flexibility index (Phi) is 6.94. The van der Waals surface area contributed by atoms with Gasteiger partial charge in [-0.1, -0.05) is 17.7 Å². The molecule has 3 aromatic rings. The van der Waals surface area contributed by atoms with Crippen LogP contribution in [-0.4, -0.2) is 33.1 Å². The highest BCUT2D eigenvalue weighted by Gasteiger charge is 2.39. The van der Waals surface area contributed by atoms with Gasteiger partial charge in [0.1, 0.15) is 17.4 Å². The van der Waals surface area contributed by atoms with Crippen molar-refractivity contribution in [1.82, 2.24) is 9.78 Å². The van der Waals surface area contributed by atoms with Crippen LogP contribution >= 0.6 is 11.6 Å². The highest BCUT2D eigenvalue weighted by molar-refractivity contribution is 6.34. The highest BCUT2D eigenvalue weighted by Crippen LogP contribution is 2.34. The predicted molar refractivity (Wildman–Crippen MR) is 110 cm³/mol. The maximum absolute atomic E-state index is 14.9. The number of para-hydroxylation sites is 1. The number of amides is 1. The number of aromatic nitrogens is 2. The monoisotopic (exact) mass is 489 g/mol. The van der Waals surface area contributed by atoms with Gasteiger partial charge in [0.15, 0.2) is 6.10 Å². The summed E-state index contributed by atoms with van der Waals surface area (Å²) in [6.07, 6.45) is -7.14.